The minimum atomic E-state index is -0.728. The number of benzene rings is 2. The van der Waals surface area contributed by atoms with Crippen LogP contribution < -0.4 is 16.4 Å². The molecule has 0 saturated heterocycles. The monoisotopic (exact) mass is 454 g/mol. The molecule has 0 atom stereocenters. The van der Waals surface area contributed by atoms with Crippen molar-refractivity contribution in [1.82, 2.24) is 4.40 Å². The van der Waals surface area contributed by atoms with Crippen molar-refractivity contribution >= 4 is 40.4 Å². The highest BCUT2D eigenvalue weighted by Crippen LogP contribution is 2.29. The molecule has 0 unspecified atom stereocenters. The van der Waals surface area contributed by atoms with E-state index in [4.69, 9.17) is 0 Å². The number of hydrogen-bond acceptors (Lipinski definition) is 4. The molecule has 0 saturated carbocycles. The molecule has 0 fully saturated rings. The van der Waals surface area contributed by atoms with Crippen molar-refractivity contribution in [3.63, 3.8) is 0 Å². The SMILES string of the molecule is CC(N)=O.O=C1Cc2cc(NC(=O)C(=O)c3c(-c4ccccc4)cc4ccccn34)ccc2N1. The second-order valence-corrected chi connectivity index (χ2v) is 7.76. The van der Waals surface area contributed by atoms with Crippen molar-refractivity contribution in [1.29, 1.82) is 0 Å². The summed E-state index contributed by atoms with van der Waals surface area (Å²) >= 11 is 0. The summed E-state index contributed by atoms with van der Waals surface area (Å²) in [6.07, 6.45) is 2.03. The number of carbonyl (C=O) groups excluding carboxylic acids is 4. The number of fused-ring (bicyclic) bond motifs is 2. The highest BCUT2D eigenvalue weighted by molar-refractivity contribution is 6.47. The van der Waals surface area contributed by atoms with Crippen LogP contribution in [0.15, 0.2) is 79.0 Å². The van der Waals surface area contributed by atoms with Gasteiger partial charge >= 0.3 is 0 Å². The van der Waals surface area contributed by atoms with E-state index in [2.05, 4.69) is 16.4 Å². The number of amides is 3. The number of primary amides is 1. The van der Waals surface area contributed by atoms with E-state index in [0.717, 1.165) is 22.3 Å². The van der Waals surface area contributed by atoms with Crippen LogP contribution in [-0.4, -0.2) is 27.9 Å². The molecule has 170 valence electrons. The molecule has 0 bridgehead atoms. The molecule has 2 aromatic carbocycles. The van der Waals surface area contributed by atoms with Crippen molar-refractivity contribution in [2.75, 3.05) is 10.6 Å². The first-order chi connectivity index (χ1) is 16.3. The fraction of sp³-hybridized carbons (Fsp3) is 0.0769. The number of aromatic nitrogens is 1. The Labute approximate surface area is 195 Å². The quantitative estimate of drug-likeness (QED) is 0.323. The molecule has 3 amide bonds. The number of Topliss-reactive ketones (excluding diaryl/α,β-unsaturated/α-hetero) is 1. The molecule has 1 aliphatic heterocycles. The normalized spacial score (nSPS) is 11.7. The second-order valence-electron chi connectivity index (χ2n) is 7.76. The van der Waals surface area contributed by atoms with Gasteiger partial charge in [0.2, 0.25) is 11.8 Å². The average molecular weight is 454 g/mol. The number of pyridine rings is 1. The van der Waals surface area contributed by atoms with Gasteiger partial charge in [0.25, 0.3) is 11.7 Å². The molecule has 3 heterocycles. The number of carbonyl (C=O) groups is 4. The standard InChI is InChI=1S/C24H17N3O3.C2H5NO/c28-21-13-16-12-17(9-10-20(16)26-21)25-24(30)23(29)22-19(15-6-2-1-3-7-15)14-18-8-4-5-11-27(18)22;1-2(3)4/h1-12,14H,13H2,(H,25,30)(H,26,28);1H3,(H2,3,4). The van der Waals surface area contributed by atoms with Gasteiger partial charge in [-0.15, -0.1) is 0 Å². The van der Waals surface area contributed by atoms with Gasteiger partial charge in [-0.3, -0.25) is 19.2 Å². The van der Waals surface area contributed by atoms with Crippen molar-refractivity contribution < 1.29 is 19.2 Å². The molecule has 0 radical (unpaired) electrons. The molecule has 34 heavy (non-hydrogen) atoms. The highest BCUT2D eigenvalue weighted by atomic mass is 16.2. The summed E-state index contributed by atoms with van der Waals surface area (Å²) in [5.41, 5.74) is 9.18. The van der Waals surface area contributed by atoms with Crippen LogP contribution in [0.2, 0.25) is 0 Å². The summed E-state index contributed by atoms with van der Waals surface area (Å²) in [6, 6.07) is 22.1. The van der Waals surface area contributed by atoms with E-state index < -0.39 is 11.7 Å². The van der Waals surface area contributed by atoms with Gasteiger partial charge in [0.05, 0.1) is 6.42 Å². The van der Waals surface area contributed by atoms with Crippen LogP contribution in [0.25, 0.3) is 16.6 Å². The Morgan fingerprint density at radius 2 is 1.68 bits per heavy atom. The van der Waals surface area contributed by atoms with E-state index in [-0.39, 0.29) is 18.2 Å². The fourth-order valence-corrected chi connectivity index (χ4v) is 3.80. The van der Waals surface area contributed by atoms with Gasteiger partial charge in [-0.25, -0.2) is 0 Å². The van der Waals surface area contributed by atoms with Gasteiger partial charge in [-0.2, -0.15) is 0 Å². The van der Waals surface area contributed by atoms with Crippen molar-refractivity contribution in [2.24, 2.45) is 5.73 Å². The van der Waals surface area contributed by atoms with E-state index in [0.29, 0.717) is 16.9 Å². The highest BCUT2D eigenvalue weighted by Gasteiger charge is 2.25. The summed E-state index contributed by atoms with van der Waals surface area (Å²) in [4.78, 5) is 46.8. The lowest BCUT2D eigenvalue weighted by Gasteiger charge is -2.09. The van der Waals surface area contributed by atoms with Crippen LogP contribution in [0.4, 0.5) is 11.4 Å². The van der Waals surface area contributed by atoms with Crippen LogP contribution in [0, 0.1) is 0 Å². The number of rotatable bonds is 4. The van der Waals surface area contributed by atoms with Gasteiger partial charge < -0.3 is 20.8 Å². The van der Waals surface area contributed by atoms with E-state index >= 15 is 0 Å². The third-order valence-corrected chi connectivity index (χ3v) is 5.17. The van der Waals surface area contributed by atoms with Gasteiger partial charge in [-0.1, -0.05) is 36.4 Å². The maximum Gasteiger partial charge on any atom is 0.298 e. The van der Waals surface area contributed by atoms with Crippen LogP contribution in [-0.2, 0) is 20.8 Å². The van der Waals surface area contributed by atoms with E-state index in [1.807, 2.05) is 54.6 Å². The first-order valence-electron chi connectivity index (χ1n) is 10.5. The Bertz CT molecular complexity index is 1420. The number of nitrogens with zero attached hydrogens (tertiary/aromatic N) is 1. The molecule has 5 rings (SSSR count). The number of nitrogens with two attached hydrogens (primary N) is 1. The Morgan fingerprint density at radius 1 is 0.971 bits per heavy atom. The smallest absolute Gasteiger partial charge is 0.298 e. The van der Waals surface area contributed by atoms with Crippen LogP contribution in [0.3, 0.4) is 0 Å². The minimum Gasteiger partial charge on any atom is -0.370 e. The lowest BCUT2D eigenvalue weighted by atomic mass is 10.0. The van der Waals surface area contributed by atoms with E-state index in [9.17, 15) is 19.2 Å². The Balaban J connectivity index is 0.000000636. The van der Waals surface area contributed by atoms with Gasteiger partial charge in [0, 0.05) is 35.6 Å². The van der Waals surface area contributed by atoms with Gasteiger partial charge in [0.1, 0.15) is 5.69 Å². The Hall–Kier alpha value is -4.72. The van der Waals surface area contributed by atoms with Crippen molar-refractivity contribution in [3.8, 4) is 11.1 Å². The maximum atomic E-state index is 13.2. The lowest BCUT2D eigenvalue weighted by Crippen LogP contribution is -2.24. The summed E-state index contributed by atoms with van der Waals surface area (Å²) in [6.45, 7) is 1.31. The van der Waals surface area contributed by atoms with Crippen LogP contribution in [0.1, 0.15) is 23.0 Å². The molecule has 0 spiro atoms. The molecule has 4 aromatic rings. The van der Waals surface area contributed by atoms with Crippen LogP contribution >= 0.6 is 0 Å². The van der Waals surface area contributed by atoms with Gasteiger partial charge in [0.15, 0.2) is 0 Å². The lowest BCUT2D eigenvalue weighted by molar-refractivity contribution is -0.116. The minimum absolute atomic E-state index is 0.0864. The van der Waals surface area contributed by atoms with Gasteiger partial charge in [-0.05, 0) is 47.5 Å². The third-order valence-electron chi connectivity index (χ3n) is 5.17. The molecular weight excluding hydrogens is 432 g/mol. The number of anilines is 2. The topological polar surface area (TPSA) is 123 Å². The zero-order valence-electron chi connectivity index (χ0n) is 18.4. The molecule has 2 aromatic heterocycles. The Kier molecular flexibility index (Phi) is 6.22. The summed E-state index contributed by atoms with van der Waals surface area (Å²) in [7, 11) is 0. The average Bonchev–Trinajstić information content (AvgIpc) is 3.38. The molecule has 4 N–H and O–H groups in total. The zero-order chi connectivity index (χ0) is 24.2. The largest absolute Gasteiger partial charge is 0.370 e. The number of ketones is 1. The predicted octanol–water partition coefficient (Wildman–Crippen LogP) is 3.41. The maximum absolute atomic E-state index is 13.2. The van der Waals surface area contributed by atoms with Crippen molar-refractivity contribution in [2.45, 2.75) is 13.3 Å². The second kappa shape index (κ2) is 9.41. The molecule has 8 heteroatoms. The Morgan fingerprint density at radius 3 is 2.41 bits per heavy atom. The summed E-state index contributed by atoms with van der Waals surface area (Å²) in [5, 5.41) is 5.42. The first-order valence-corrected chi connectivity index (χ1v) is 10.5. The van der Waals surface area contributed by atoms with Crippen LogP contribution in [0.5, 0.6) is 0 Å². The molecule has 8 nitrogen and oxygen atoms in total. The number of hydrogen-bond donors (Lipinski definition) is 3. The third kappa shape index (κ3) is 4.71. The van der Waals surface area contributed by atoms with E-state index in [1.54, 1.807) is 28.8 Å². The van der Waals surface area contributed by atoms with Crippen molar-refractivity contribution in [3.05, 3.63) is 90.3 Å². The molecule has 0 aliphatic carbocycles. The summed E-state index contributed by atoms with van der Waals surface area (Å²) < 4.78 is 1.73. The predicted molar refractivity (Wildman–Crippen MR) is 129 cm³/mol. The summed E-state index contributed by atoms with van der Waals surface area (Å²) in [5.74, 6) is -1.78. The van der Waals surface area contributed by atoms with E-state index in [1.165, 1.54) is 6.92 Å². The molecule has 1 aliphatic rings. The number of nitrogens with one attached hydrogen (secondary N) is 2. The zero-order valence-corrected chi connectivity index (χ0v) is 18.4. The molecular formula is C26H22N4O4. The fourth-order valence-electron chi connectivity index (χ4n) is 3.80. The first kappa shape index (κ1) is 22.5.